The standard InChI is InChI=1S/C13H14N2O2S/c1-8-5-10(3-4-11(8)13(16)17)14-6-12-15-9(2)7-18-12/h3-5,7,14H,6H2,1-2H3,(H,16,17). The van der Waals surface area contributed by atoms with Gasteiger partial charge in [0.25, 0.3) is 0 Å². The lowest BCUT2D eigenvalue weighted by atomic mass is 10.1. The number of nitrogens with one attached hydrogen (secondary N) is 1. The van der Waals surface area contributed by atoms with Crippen molar-refractivity contribution in [1.82, 2.24) is 4.98 Å². The summed E-state index contributed by atoms with van der Waals surface area (Å²) in [5.41, 5.74) is 3.02. The normalized spacial score (nSPS) is 10.3. The number of hydrogen-bond donors (Lipinski definition) is 2. The van der Waals surface area contributed by atoms with Gasteiger partial charge in [-0.2, -0.15) is 0 Å². The topological polar surface area (TPSA) is 62.2 Å². The van der Waals surface area contributed by atoms with Gasteiger partial charge in [-0.1, -0.05) is 0 Å². The average molecular weight is 262 g/mol. The number of nitrogens with zero attached hydrogens (tertiary/aromatic N) is 1. The Balaban J connectivity index is 2.06. The van der Waals surface area contributed by atoms with E-state index in [0.29, 0.717) is 12.1 Å². The van der Waals surface area contributed by atoms with E-state index in [1.807, 2.05) is 18.4 Å². The highest BCUT2D eigenvalue weighted by atomic mass is 32.1. The summed E-state index contributed by atoms with van der Waals surface area (Å²) in [7, 11) is 0. The van der Waals surface area contributed by atoms with Crippen LogP contribution < -0.4 is 5.32 Å². The summed E-state index contributed by atoms with van der Waals surface area (Å²) >= 11 is 1.61. The fourth-order valence-corrected chi connectivity index (χ4v) is 2.39. The maximum Gasteiger partial charge on any atom is 0.335 e. The summed E-state index contributed by atoms with van der Waals surface area (Å²) in [5.74, 6) is -0.894. The van der Waals surface area contributed by atoms with Crippen LogP contribution in [0.25, 0.3) is 0 Å². The first-order valence-electron chi connectivity index (χ1n) is 5.55. The molecule has 1 aromatic heterocycles. The smallest absolute Gasteiger partial charge is 0.335 e. The zero-order chi connectivity index (χ0) is 13.1. The Labute approximate surface area is 109 Å². The number of aromatic carboxylic acids is 1. The zero-order valence-electron chi connectivity index (χ0n) is 10.2. The van der Waals surface area contributed by atoms with Crippen LogP contribution in [-0.2, 0) is 6.54 Å². The van der Waals surface area contributed by atoms with Crippen molar-refractivity contribution in [1.29, 1.82) is 0 Å². The molecule has 4 nitrogen and oxygen atoms in total. The van der Waals surface area contributed by atoms with Gasteiger partial charge in [0.15, 0.2) is 0 Å². The molecule has 0 atom stereocenters. The second-order valence-corrected chi connectivity index (χ2v) is 5.01. The Morgan fingerprint density at radius 3 is 2.78 bits per heavy atom. The van der Waals surface area contributed by atoms with E-state index < -0.39 is 5.97 Å². The molecule has 18 heavy (non-hydrogen) atoms. The van der Waals surface area contributed by atoms with Crippen LogP contribution in [0.5, 0.6) is 0 Å². The van der Waals surface area contributed by atoms with Crippen LogP contribution in [0.4, 0.5) is 5.69 Å². The maximum atomic E-state index is 10.9. The minimum atomic E-state index is -0.894. The SMILES string of the molecule is Cc1csc(CNc2ccc(C(=O)O)c(C)c2)n1. The van der Waals surface area contributed by atoms with Gasteiger partial charge in [-0.3, -0.25) is 0 Å². The second-order valence-electron chi connectivity index (χ2n) is 4.07. The molecule has 0 aliphatic heterocycles. The highest BCUT2D eigenvalue weighted by Gasteiger charge is 2.07. The molecule has 0 aliphatic carbocycles. The Bertz CT molecular complexity index is 578. The van der Waals surface area contributed by atoms with Gasteiger partial charge in [0.2, 0.25) is 0 Å². The molecule has 0 amide bonds. The highest BCUT2D eigenvalue weighted by Crippen LogP contribution is 2.17. The number of carboxylic acid groups (broad SMARTS) is 1. The van der Waals surface area contributed by atoms with E-state index in [1.165, 1.54) is 0 Å². The number of thiazole rings is 1. The van der Waals surface area contributed by atoms with Crippen molar-refractivity contribution in [3.63, 3.8) is 0 Å². The lowest BCUT2D eigenvalue weighted by Gasteiger charge is -2.07. The van der Waals surface area contributed by atoms with Crippen molar-refractivity contribution in [3.05, 3.63) is 45.4 Å². The van der Waals surface area contributed by atoms with Gasteiger partial charge in [0, 0.05) is 16.8 Å². The molecule has 0 radical (unpaired) electrons. The number of benzene rings is 1. The van der Waals surface area contributed by atoms with Crippen LogP contribution in [0.3, 0.4) is 0 Å². The molecule has 5 heteroatoms. The van der Waals surface area contributed by atoms with Crippen molar-refractivity contribution >= 4 is 23.0 Å². The molecule has 2 N–H and O–H groups in total. The first-order valence-corrected chi connectivity index (χ1v) is 6.43. The van der Waals surface area contributed by atoms with Crippen LogP contribution in [0.15, 0.2) is 23.6 Å². The van der Waals surface area contributed by atoms with E-state index in [0.717, 1.165) is 22.0 Å². The summed E-state index contributed by atoms with van der Waals surface area (Å²) in [5, 5.41) is 15.2. The number of rotatable bonds is 4. The summed E-state index contributed by atoms with van der Waals surface area (Å²) in [6, 6.07) is 5.23. The number of carbonyl (C=O) groups is 1. The minimum absolute atomic E-state index is 0.339. The van der Waals surface area contributed by atoms with Gasteiger partial charge in [-0.25, -0.2) is 9.78 Å². The Morgan fingerprint density at radius 1 is 1.44 bits per heavy atom. The Morgan fingerprint density at radius 2 is 2.22 bits per heavy atom. The number of carboxylic acids is 1. The number of anilines is 1. The molecule has 1 heterocycles. The average Bonchev–Trinajstić information content (AvgIpc) is 2.72. The summed E-state index contributed by atoms with van der Waals surface area (Å²) in [6.07, 6.45) is 0. The van der Waals surface area contributed by atoms with Gasteiger partial charge in [-0.05, 0) is 37.6 Å². The fourth-order valence-electron chi connectivity index (χ4n) is 1.68. The van der Waals surface area contributed by atoms with E-state index in [-0.39, 0.29) is 0 Å². The molecule has 0 saturated carbocycles. The monoisotopic (exact) mass is 262 g/mol. The Kier molecular flexibility index (Phi) is 3.62. The molecule has 1 aromatic carbocycles. The van der Waals surface area contributed by atoms with Crippen molar-refractivity contribution in [3.8, 4) is 0 Å². The molecular weight excluding hydrogens is 248 g/mol. The van der Waals surface area contributed by atoms with Gasteiger partial charge in [0.05, 0.1) is 12.1 Å². The van der Waals surface area contributed by atoms with E-state index in [1.54, 1.807) is 30.4 Å². The van der Waals surface area contributed by atoms with Gasteiger partial charge < -0.3 is 10.4 Å². The third-order valence-electron chi connectivity index (χ3n) is 2.57. The lowest BCUT2D eigenvalue weighted by molar-refractivity contribution is 0.0696. The molecule has 0 fully saturated rings. The lowest BCUT2D eigenvalue weighted by Crippen LogP contribution is -2.03. The number of aryl methyl sites for hydroxylation is 2. The van der Waals surface area contributed by atoms with Gasteiger partial charge in [0.1, 0.15) is 5.01 Å². The van der Waals surface area contributed by atoms with E-state index in [2.05, 4.69) is 10.3 Å². The summed E-state index contributed by atoms with van der Waals surface area (Å²) < 4.78 is 0. The molecule has 0 aliphatic rings. The minimum Gasteiger partial charge on any atom is -0.478 e. The van der Waals surface area contributed by atoms with Gasteiger partial charge in [-0.15, -0.1) is 11.3 Å². The zero-order valence-corrected chi connectivity index (χ0v) is 11.0. The van der Waals surface area contributed by atoms with E-state index in [4.69, 9.17) is 5.11 Å². The van der Waals surface area contributed by atoms with Crippen molar-refractivity contribution in [2.75, 3.05) is 5.32 Å². The molecule has 0 spiro atoms. The first-order chi connectivity index (χ1) is 8.56. The molecular formula is C13H14N2O2S. The van der Waals surface area contributed by atoms with Crippen LogP contribution in [0.2, 0.25) is 0 Å². The molecule has 94 valence electrons. The van der Waals surface area contributed by atoms with Crippen LogP contribution in [-0.4, -0.2) is 16.1 Å². The predicted molar refractivity (Wildman–Crippen MR) is 72.3 cm³/mol. The number of hydrogen-bond acceptors (Lipinski definition) is 4. The van der Waals surface area contributed by atoms with E-state index in [9.17, 15) is 4.79 Å². The summed E-state index contributed by atoms with van der Waals surface area (Å²) in [6.45, 7) is 4.42. The maximum absolute atomic E-state index is 10.9. The molecule has 2 aromatic rings. The number of aromatic nitrogens is 1. The van der Waals surface area contributed by atoms with Crippen molar-refractivity contribution < 1.29 is 9.90 Å². The second kappa shape index (κ2) is 5.18. The van der Waals surface area contributed by atoms with Crippen LogP contribution in [0.1, 0.15) is 26.6 Å². The van der Waals surface area contributed by atoms with Gasteiger partial charge >= 0.3 is 5.97 Å². The highest BCUT2D eigenvalue weighted by molar-refractivity contribution is 7.09. The largest absolute Gasteiger partial charge is 0.478 e. The van der Waals surface area contributed by atoms with Crippen molar-refractivity contribution in [2.24, 2.45) is 0 Å². The van der Waals surface area contributed by atoms with Crippen molar-refractivity contribution in [2.45, 2.75) is 20.4 Å². The Hall–Kier alpha value is -1.88. The first kappa shape index (κ1) is 12.6. The third-order valence-corrected chi connectivity index (χ3v) is 3.53. The molecule has 0 bridgehead atoms. The van der Waals surface area contributed by atoms with Crippen LogP contribution >= 0.6 is 11.3 Å². The molecule has 0 saturated heterocycles. The van der Waals surface area contributed by atoms with Crippen LogP contribution in [0, 0.1) is 13.8 Å². The molecule has 2 rings (SSSR count). The fraction of sp³-hybridized carbons (Fsp3) is 0.231. The quantitative estimate of drug-likeness (QED) is 0.889. The third kappa shape index (κ3) is 2.87. The summed E-state index contributed by atoms with van der Waals surface area (Å²) in [4.78, 5) is 15.2. The van der Waals surface area contributed by atoms with E-state index >= 15 is 0 Å². The molecule has 0 unspecified atom stereocenters. The predicted octanol–water partition coefficient (Wildman–Crippen LogP) is 3.07.